The predicted molar refractivity (Wildman–Crippen MR) is 46.1 cm³/mol. The molecule has 0 bridgehead atoms. The fourth-order valence-electron chi connectivity index (χ4n) is 1.46. The molecule has 14 heavy (non-hydrogen) atoms. The molecule has 2 heterocycles. The summed E-state index contributed by atoms with van der Waals surface area (Å²) in [5.41, 5.74) is 0. The molecule has 1 fully saturated rings. The second kappa shape index (κ2) is 4.51. The van der Waals surface area contributed by atoms with E-state index in [4.69, 9.17) is 0 Å². The van der Waals surface area contributed by atoms with E-state index in [1.54, 1.807) is 11.2 Å². The van der Waals surface area contributed by atoms with E-state index in [1.165, 1.54) is 5.01 Å². The first-order valence-electron chi connectivity index (χ1n) is 4.25. The zero-order chi connectivity index (χ0) is 9.26. The largest absolute Gasteiger partial charge is 0.279 e. The molecule has 0 unspecified atom stereocenters. The Morgan fingerprint density at radius 3 is 2.21 bits per heavy atom. The van der Waals surface area contributed by atoms with Gasteiger partial charge in [0.2, 0.25) is 11.8 Å². The Bertz CT molecular complexity index is 296. The monoisotopic (exact) mass is 280 g/mol. The van der Waals surface area contributed by atoms with E-state index in [0.29, 0.717) is 19.4 Å². The van der Waals surface area contributed by atoms with Crippen LogP contribution in [0.25, 0.3) is 0 Å². The maximum Gasteiger partial charge on any atom is 0.248 e. The Morgan fingerprint density at radius 1 is 1.07 bits per heavy atom. The third kappa shape index (κ3) is 1.93. The number of imide groups is 1. The molecular weight excluding hydrogens is 269 g/mol. The number of carbonyl (C=O) groups is 2. The van der Waals surface area contributed by atoms with Crippen LogP contribution in [0, 0.1) is 0 Å². The van der Waals surface area contributed by atoms with Gasteiger partial charge < -0.3 is 0 Å². The van der Waals surface area contributed by atoms with E-state index in [2.05, 4.69) is 0 Å². The van der Waals surface area contributed by atoms with Crippen LogP contribution in [0.15, 0.2) is 24.4 Å². The SMILES string of the molecule is O=C1CCC(=O)N1N1C=CC=CC1.[Ru]. The van der Waals surface area contributed by atoms with Crippen molar-refractivity contribution in [2.75, 3.05) is 6.54 Å². The van der Waals surface area contributed by atoms with E-state index in [9.17, 15) is 9.59 Å². The average Bonchev–Trinajstić information content (AvgIpc) is 2.48. The Labute approximate surface area is 95.0 Å². The summed E-state index contributed by atoms with van der Waals surface area (Å²) in [6, 6.07) is 0. The minimum absolute atomic E-state index is 0. The predicted octanol–water partition coefficient (Wildman–Crippen LogP) is 0.433. The molecule has 5 heteroatoms. The molecule has 0 radical (unpaired) electrons. The Kier molecular flexibility index (Phi) is 3.58. The van der Waals surface area contributed by atoms with E-state index < -0.39 is 0 Å². The van der Waals surface area contributed by atoms with Gasteiger partial charge in [-0.1, -0.05) is 12.2 Å². The van der Waals surface area contributed by atoms with Crippen LogP contribution in [-0.2, 0) is 29.1 Å². The number of hydrogen-bond acceptors (Lipinski definition) is 3. The summed E-state index contributed by atoms with van der Waals surface area (Å²) in [5, 5.41) is 2.86. The van der Waals surface area contributed by atoms with Crippen molar-refractivity contribution < 1.29 is 29.1 Å². The second-order valence-electron chi connectivity index (χ2n) is 2.99. The van der Waals surface area contributed by atoms with Crippen molar-refractivity contribution in [1.82, 2.24) is 10.0 Å². The minimum Gasteiger partial charge on any atom is -0.279 e. The molecule has 1 saturated heterocycles. The number of hydrogen-bond donors (Lipinski definition) is 0. The Hall–Kier alpha value is -0.957. The van der Waals surface area contributed by atoms with Gasteiger partial charge in [0, 0.05) is 38.5 Å². The normalized spacial score (nSPS) is 20.3. The summed E-state index contributed by atoms with van der Waals surface area (Å²) in [4.78, 5) is 22.6. The summed E-state index contributed by atoms with van der Waals surface area (Å²) >= 11 is 0. The molecule has 0 aromatic rings. The van der Waals surface area contributed by atoms with Gasteiger partial charge in [-0.3, -0.25) is 14.6 Å². The first-order valence-corrected chi connectivity index (χ1v) is 4.25. The van der Waals surface area contributed by atoms with Crippen LogP contribution in [0.3, 0.4) is 0 Å². The molecule has 0 aromatic carbocycles. The number of amides is 2. The fraction of sp³-hybridized carbons (Fsp3) is 0.333. The van der Waals surface area contributed by atoms with Crippen LogP contribution in [0.4, 0.5) is 0 Å². The van der Waals surface area contributed by atoms with Gasteiger partial charge in [-0.2, -0.15) is 5.01 Å². The Balaban J connectivity index is 0.000000980. The first-order chi connectivity index (χ1) is 6.29. The van der Waals surface area contributed by atoms with Crippen LogP contribution in [-0.4, -0.2) is 28.4 Å². The molecule has 0 saturated carbocycles. The molecule has 0 aliphatic carbocycles. The molecule has 0 spiro atoms. The van der Waals surface area contributed by atoms with Gasteiger partial charge in [0.25, 0.3) is 0 Å². The van der Waals surface area contributed by atoms with E-state index >= 15 is 0 Å². The topological polar surface area (TPSA) is 40.6 Å². The van der Waals surface area contributed by atoms with Crippen LogP contribution in [0.2, 0.25) is 0 Å². The second-order valence-corrected chi connectivity index (χ2v) is 2.99. The summed E-state index contributed by atoms with van der Waals surface area (Å²) in [7, 11) is 0. The number of hydrazine groups is 1. The van der Waals surface area contributed by atoms with Crippen molar-refractivity contribution in [3.05, 3.63) is 24.4 Å². The molecule has 2 rings (SSSR count). The fourth-order valence-corrected chi connectivity index (χ4v) is 1.46. The summed E-state index contributed by atoms with van der Waals surface area (Å²) < 4.78 is 0. The van der Waals surface area contributed by atoms with Gasteiger partial charge in [0.1, 0.15) is 0 Å². The number of nitrogens with zero attached hydrogens (tertiary/aromatic N) is 2. The van der Waals surface area contributed by atoms with Gasteiger partial charge in [0.05, 0.1) is 6.54 Å². The molecule has 0 N–H and O–H groups in total. The smallest absolute Gasteiger partial charge is 0.248 e. The number of allylic oxidation sites excluding steroid dienone is 2. The maximum atomic E-state index is 11.3. The molecule has 0 aromatic heterocycles. The standard InChI is InChI=1S/C9H10N2O2.Ru/c12-8-4-5-9(13)11(8)10-6-2-1-3-7-10;/h1-3,6H,4-5,7H2;. The van der Waals surface area contributed by atoms with Crippen LogP contribution in [0.5, 0.6) is 0 Å². The van der Waals surface area contributed by atoms with Gasteiger partial charge >= 0.3 is 0 Å². The van der Waals surface area contributed by atoms with Gasteiger partial charge in [-0.05, 0) is 6.08 Å². The van der Waals surface area contributed by atoms with Crippen LogP contribution >= 0.6 is 0 Å². The van der Waals surface area contributed by atoms with E-state index in [0.717, 1.165) is 0 Å². The van der Waals surface area contributed by atoms with Crippen molar-refractivity contribution in [1.29, 1.82) is 0 Å². The number of rotatable bonds is 1. The van der Waals surface area contributed by atoms with Crippen molar-refractivity contribution in [3.8, 4) is 0 Å². The van der Waals surface area contributed by atoms with Crippen molar-refractivity contribution in [2.45, 2.75) is 12.8 Å². The minimum atomic E-state index is -0.107. The molecule has 2 aliphatic heterocycles. The first kappa shape index (κ1) is 11.1. The van der Waals surface area contributed by atoms with Crippen LogP contribution in [0.1, 0.15) is 12.8 Å². The van der Waals surface area contributed by atoms with E-state index in [1.807, 2.05) is 18.2 Å². The average molecular weight is 279 g/mol. The summed E-state index contributed by atoms with van der Waals surface area (Å²) in [5.74, 6) is -0.213. The molecule has 2 amide bonds. The molecule has 2 aliphatic rings. The van der Waals surface area contributed by atoms with Crippen molar-refractivity contribution >= 4 is 11.8 Å². The zero-order valence-corrected chi connectivity index (χ0v) is 9.23. The van der Waals surface area contributed by atoms with Gasteiger partial charge in [0.15, 0.2) is 0 Å². The van der Waals surface area contributed by atoms with Crippen LogP contribution < -0.4 is 0 Å². The Morgan fingerprint density at radius 2 is 1.71 bits per heavy atom. The third-order valence-corrected chi connectivity index (χ3v) is 2.08. The van der Waals surface area contributed by atoms with E-state index in [-0.39, 0.29) is 31.3 Å². The summed E-state index contributed by atoms with van der Waals surface area (Å²) in [6.07, 6.45) is 8.02. The zero-order valence-electron chi connectivity index (χ0n) is 7.50. The van der Waals surface area contributed by atoms with Gasteiger partial charge in [-0.25, -0.2) is 0 Å². The van der Waals surface area contributed by atoms with Crippen molar-refractivity contribution in [3.63, 3.8) is 0 Å². The quantitative estimate of drug-likeness (QED) is 0.516. The maximum absolute atomic E-state index is 11.3. The van der Waals surface area contributed by atoms with Gasteiger partial charge in [-0.15, -0.1) is 0 Å². The number of carbonyl (C=O) groups excluding carboxylic acids is 2. The molecule has 76 valence electrons. The molecular formula is C9H10N2O2Ru. The summed E-state index contributed by atoms with van der Waals surface area (Å²) in [6.45, 7) is 0.591. The third-order valence-electron chi connectivity index (χ3n) is 2.08. The molecule has 4 nitrogen and oxygen atoms in total. The molecule has 0 atom stereocenters. The van der Waals surface area contributed by atoms with Crippen molar-refractivity contribution in [2.24, 2.45) is 0 Å².